The second-order valence-corrected chi connectivity index (χ2v) is 8.69. The van der Waals surface area contributed by atoms with E-state index in [1.807, 2.05) is 43.3 Å². The summed E-state index contributed by atoms with van der Waals surface area (Å²) in [7, 11) is 4.06. The summed E-state index contributed by atoms with van der Waals surface area (Å²) >= 11 is 0. The first kappa shape index (κ1) is 19.5. The van der Waals surface area contributed by atoms with Gasteiger partial charge in [0.05, 0.1) is 41.3 Å². The highest BCUT2D eigenvalue weighted by atomic mass is 15.2. The molecule has 164 valence electrons. The average molecular weight is 436 g/mol. The van der Waals surface area contributed by atoms with E-state index in [0.29, 0.717) is 0 Å². The first-order valence-corrected chi connectivity index (χ1v) is 11.1. The number of H-pyrrole nitrogens is 1. The standard InChI is InChI=1S/C26H25N7/c1-17(21-14-30-33-15-20(31(2)3)8-9-24(21)33)32-11-10-22-25(29-16-28-22)26(32)23-12-18-6-4-5-7-19(18)13-27-23/h4-9,12-16,26H,1,10-11H2,2-3H3,(H,28,29)/t26-/m1/s1. The molecule has 1 aliphatic heterocycles. The molecule has 1 aliphatic rings. The van der Waals surface area contributed by atoms with Gasteiger partial charge in [-0.1, -0.05) is 30.8 Å². The van der Waals surface area contributed by atoms with Crippen molar-refractivity contribution in [3.05, 3.63) is 96.6 Å². The van der Waals surface area contributed by atoms with Crippen molar-refractivity contribution in [1.82, 2.24) is 29.5 Å². The van der Waals surface area contributed by atoms with Crippen molar-refractivity contribution in [2.24, 2.45) is 0 Å². The molecule has 0 saturated heterocycles. The van der Waals surface area contributed by atoms with Crippen LogP contribution in [-0.2, 0) is 6.42 Å². The highest BCUT2D eigenvalue weighted by molar-refractivity contribution is 5.82. The van der Waals surface area contributed by atoms with E-state index < -0.39 is 0 Å². The Labute approximate surface area is 192 Å². The second-order valence-electron chi connectivity index (χ2n) is 8.69. The van der Waals surface area contributed by atoms with Crippen LogP contribution in [0.2, 0.25) is 0 Å². The number of imidazole rings is 1. The Kier molecular flexibility index (Phi) is 4.43. The molecular formula is C26H25N7. The number of hydrogen-bond donors (Lipinski definition) is 1. The first-order chi connectivity index (χ1) is 16.1. The van der Waals surface area contributed by atoms with Crippen molar-refractivity contribution in [1.29, 1.82) is 0 Å². The van der Waals surface area contributed by atoms with E-state index in [9.17, 15) is 0 Å². The number of anilines is 1. The van der Waals surface area contributed by atoms with E-state index in [1.54, 1.807) is 6.33 Å². The van der Waals surface area contributed by atoms with Crippen LogP contribution in [0.4, 0.5) is 5.69 Å². The van der Waals surface area contributed by atoms with Crippen molar-refractivity contribution in [2.75, 3.05) is 25.5 Å². The van der Waals surface area contributed by atoms with Crippen LogP contribution in [0.15, 0.2) is 74.0 Å². The third-order valence-electron chi connectivity index (χ3n) is 6.53. The van der Waals surface area contributed by atoms with Gasteiger partial charge in [0.1, 0.15) is 6.04 Å². The molecule has 7 heteroatoms. The summed E-state index contributed by atoms with van der Waals surface area (Å²) in [5.74, 6) is 0. The Morgan fingerprint density at radius 2 is 1.94 bits per heavy atom. The van der Waals surface area contributed by atoms with Gasteiger partial charge in [-0.25, -0.2) is 9.50 Å². The van der Waals surface area contributed by atoms with Crippen molar-refractivity contribution in [2.45, 2.75) is 12.5 Å². The van der Waals surface area contributed by atoms with E-state index in [0.717, 1.165) is 57.9 Å². The molecule has 0 fully saturated rings. The van der Waals surface area contributed by atoms with Crippen molar-refractivity contribution in [3.8, 4) is 0 Å². The fourth-order valence-corrected chi connectivity index (χ4v) is 4.73. The Morgan fingerprint density at radius 1 is 1.09 bits per heavy atom. The van der Waals surface area contributed by atoms with Crippen molar-refractivity contribution in [3.63, 3.8) is 0 Å². The number of nitrogens with zero attached hydrogens (tertiary/aromatic N) is 6. The Balaban J connectivity index is 1.45. The van der Waals surface area contributed by atoms with E-state index in [1.165, 1.54) is 5.39 Å². The van der Waals surface area contributed by atoms with Crippen LogP contribution in [0.3, 0.4) is 0 Å². The highest BCUT2D eigenvalue weighted by Gasteiger charge is 2.34. The number of hydrogen-bond acceptors (Lipinski definition) is 5. The number of pyridine rings is 2. The van der Waals surface area contributed by atoms with Gasteiger partial charge in [-0.3, -0.25) is 4.98 Å². The van der Waals surface area contributed by atoms with E-state index in [-0.39, 0.29) is 6.04 Å². The number of rotatable bonds is 4. The van der Waals surface area contributed by atoms with E-state index >= 15 is 0 Å². The average Bonchev–Trinajstić information content (AvgIpc) is 3.49. The number of benzene rings is 1. The molecular weight excluding hydrogens is 410 g/mol. The summed E-state index contributed by atoms with van der Waals surface area (Å²) < 4.78 is 1.92. The normalized spacial score (nSPS) is 15.7. The summed E-state index contributed by atoms with van der Waals surface area (Å²) in [5.41, 5.74) is 7.21. The van der Waals surface area contributed by atoms with Crippen LogP contribution >= 0.6 is 0 Å². The molecule has 0 radical (unpaired) electrons. The number of nitrogens with one attached hydrogen (secondary N) is 1. The largest absolute Gasteiger partial charge is 0.376 e. The molecule has 33 heavy (non-hydrogen) atoms. The Hall–Kier alpha value is -4.13. The molecule has 0 unspecified atom stereocenters. The lowest BCUT2D eigenvalue weighted by molar-refractivity contribution is 0.309. The lowest BCUT2D eigenvalue weighted by Gasteiger charge is -2.37. The molecule has 0 aliphatic carbocycles. The summed E-state index contributed by atoms with van der Waals surface area (Å²) in [6, 6.07) is 14.6. The molecule has 0 bridgehead atoms. The van der Waals surface area contributed by atoms with Gasteiger partial charge in [-0.2, -0.15) is 5.10 Å². The third kappa shape index (κ3) is 3.16. The maximum absolute atomic E-state index is 4.85. The van der Waals surface area contributed by atoms with Gasteiger partial charge in [0, 0.05) is 55.6 Å². The van der Waals surface area contributed by atoms with Crippen LogP contribution in [0.5, 0.6) is 0 Å². The molecule has 0 saturated carbocycles. The summed E-state index contributed by atoms with van der Waals surface area (Å²) in [5, 5.41) is 6.91. The Bertz CT molecular complexity index is 1490. The van der Waals surface area contributed by atoms with E-state index in [4.69, 9.17) is 9.97 Å². The smallest absolute Gasteiger partial charge is 0.116 e. The van der Waals surface area contributed by atoms with Gasteiger partial charge in [-0.15, -0.1) is 0 Å². The Morgan fingerprint density at radius 3 is 2.79 bits per heavy atom. The predicted octanol–water partition coefficient (Wildman–Crippen LogP) is 4.29. The molecule has 1 atom stereocenters. The molecule has 7 nitrogen and oxygen atoms in total. The molecule has 1 N–H and O–H groups in total. The van der Waals surface area contributed by atoms with Crippen molar-refractivity contribution < 1.29 is 0 Å². The fraction of sp³-hybridized carbons (Fsp3) is 0.192. The minimum Gasteiger partial charge on any atom is -0.376 e. The lowest BCUT2D eigenvalue weighted by Crippen LogP contribution is -2.35. The first-order valence-electron chi connectivity index (χ1n) is 11.1. The summed E-state index contributed by atoms with van der Waals surface area (Å²) in [4.78, 5) is 17.3. The fourth-order valence-electron chi connectivity index (χ4n) is 4.73. The highest BCUT2D eigenvalue weighted by Crippen LogP contribution is 2.39. The van der Waals surface area contributed by atoms with Gasteiger partial charge in [0.2, 0.25) is 0 Å². The van der Waals surface area contributed by atoms with Gasteiger partial charge >= 0.3 is 0 Å². The van der Waals surface area contributed by atoms with Crippen LogP contribution in [0, 0.1) is 0 Å². The molecule has 5 aromatic rings. The summed E-state index contributed by atoms with van der Waals surface area (Å²) in [6.45, 7) is 5.34. The van der Waals surface area contributed by atoms with Gasteiger partial charge in [0.15, 0.2) is 0 Å². The number of aromatic amines is 1. The second kappa shape index (κ2) is 7.48. The number of aromatic nitrogens is 5. The van der Waals surface area contributed by atoms with Crippen LogP contribution in [0.1, 0.15) is 28.7 Å². The summed E-state index contributed by atoms with van der Waals surface area (Å²) in [6.07, 6.45) is 8.55. The molecule has 0 spiro atoms. The minimum absolute atomic E-state index is 0.117. The lowest BCUT2D eigenvalue weighted by atomic mass is 9.96. The van der Waals surface area contributed by atoms with Gasteiger partial charge in [-0.05, 0) is 23.6 Å². The van der Waals surface area contributed by atoms with Crippen LogP contribution < -0.4 is 4.90 Å². The van der Waals surface area contributed by atoms with Crippen molar-refractivity contribution >= 4 is 27.7 Å². The molecule has 1 aromatic carbocycles. The quantitative estimate of drug-likeness (QED) is 0.456. The zero-order valence-corrected chi connectivity index (χ0v) is 18.7. The maximum atomic E-state index is 4.85. The predicted molar refractivity (Wildman–Crippen MR) is 131 cm³/mol. The zero-order chi connectivity index (χ0) is 22.5. The number of fused-ring (bicyclic) bond motifs is 3. The molecule has 5 heterocycles. The third-order valence-corrected chi connectivity index (χ3v) is 6.53. The SMILES string of the molecule is C=C(c1cnn2cc(N(C)C)ccc12)N1CCc2[nH]cnc2[C@H]1c1cc2ccccc2cn1. The molecule has 0 amide bonds. The molecule has 6 rings (SSSR count). The maximum Gasteiger partial charge on any atom is 0.116 e. The topological polar surface area (TPSA) is 65.3 Å². The zero-order valence-electron chi connectivity index (χ0n) is 18.7. The minimum atomic E-state index is -0.117. The molecule has 4 aromatic heterocycles. The van der Waals surface area contributed by atoms with Gasteiger partial charge in [0.25, 0.3) is 0 Å². The van der Waals surface area contributed by atoms with Gasteiger partial charge < -0.3 is 14.8 Å². The monoisotopic (exact) mass is 435 g/mol. The van der Waals surface area contributed by atoms with Crippen LogP contribution in [-0.4, -0.2) is 50.1 Å². The van der Waals surface area contributed by atoms with Crippen LogP contribution in [0.25, 0.3) is 22.0 Å². The van der Waals surface area contributed by atoms with E-state index in [2.05, 4.69) is 62.9 Å².